The second-order valence-corrected chi connectivity index (χ2v) is 5.16. The Kier molecular flexibility index (Phi) is 4.26. The zero-order chi connectivity index (χ0) is 15.6. The number of hydrogen-bond donors (Lipinski definition) is 1. The molecule has 0 saturated heterocycles. The fourth-order valence-electron chi connectivity index (χ4n) is 2.33. The first kappa shape index (κ1) is 15.0. The molecule has 0 radical (unpaired) electrons. The van der Waals surface area contributed by atoms with E-state index >= 15 is 0 Å². The summed E-state index contributed by atoms with van der Waals surface area (Å²) in [5.74, 6) is -0.345. The van der Waals surface area contributed by atoms with E-state index in [-0.39, 0.29) is 18.5 Å². The van der Waals surface area contributed by atoms with E-state index in [0.29, 0.717) is 17.4 Å². The monoisotopic (exact) mass is 289 g/mol. The number of rotatable bonds is 4. The van der Waals surface area contributed by atoms with E-state index in [9.17, 15) is 14.4 Å². The first-order valence-corrected chi connectivity index (χ1v) is 6.97. The van der Waals surface area contributed by atoms with E-state index in [0.717, 1.165) is 4.57 Å². The van der Waals surface area contributed by atoms with Crippen molar-refractivity contribution in [2.45, 2.75) is 39.9 Å². The van der Waals surface area contributed by atoms with Gasteiger partial charge in [-0.05, 0) is 32.9 Å². The number of carbonyl (C=O) groups excluding carboxylic acids is 1. The molecule has 21 heavy (non-hydrogen) atoms. The van der Waals surface area contributed by atoms with E-state index in [1.165, 1.54) is 4.57 Å². The van der Waals surface area contributed by atoms with Gasteiger partial charge < -0.3 is 5.32 Å². The van der Waals surface area contributed by atoms with Crippen LogP contribution in [0.15, 0.2) is 33.9 Å². The molecule has 0 unspecified atom stereocenters. The van der Waals surface area contributed by atoms with Crippen LogP contribution in [0.25, 0.3) is 10.9 Å². The van der Waals surface area contributed by atoms with Crippen LogP contribution in [0.4, 0.5) is 0 Å². The summed E-state index contributed by atoms with van der Waals surface area (Å²) in [4.78, 5) is 36.7. The molecule has 1 aromatic carbocycles. The summed E-state index contributed by atoms with van der Waals surface area (Å²) in [5, 5.41) is 3.13. The number of nitrogens with zero attached hydrogens (tertiary/aromatic N) is 2. The Labute approximate surface area is 122 Å². The van der Waals surface area contributed by atoms with Gasteiger partial charge in [-0.15, -0.1) is 0 Å². The molecule has 1 heterocycles. The third kappa shape index (κ3) is 2.89. The fraction of sp³-hybridized carbons (Fsp3) is 0.400. The molecular weight excluding hydrogens is 270 g/mol. The minimum Gasteiger partial charge on any atom is -0.352 e. The lowest BCUT2D eigenvalue weighted by molar-refractivity contribution is -0.122. The lowest BCUT2D eigenvalue weighted by Crippen LogP contribution is -2.44. The van der Waals surface area contributed by atoms with Gasteiger partial charge in [0, 0.05) is 12.6 Å². The number of aromatic nitrogens is 2. The van der Waals surface area contributed by atoms with Crippen molar-refractivity contribution in [3.8, 4) is 0 Å². The molecule has 6 heteroatoms. The predicted molar refractivity (Wildman–Crippen MR) is 81.4 cm³/mol. The number of hydrogen-bond acceptors (Lipinski definition) is 3. The van der Waals surface area contributed by atoms with Gasteiger partial charge in [0.05, 0.1) is 10.9 Å². The maximum atomic E-state index is 12.4. The zero-order valence-electron chi connectivity index (χ0n) is 12.4. The first-order chi connectivity index (χ1) is 9.95. The summed E-state index contributed by atoms with van der Waals surface area (Å²) >= 11 is 0. The van der Waals surface area contributed by atoms with E-state index < -0.39 is 11.2 Å². The second-order valence-electron chi connectivity index (χ2n) is 5.16. The van der Waals surface area contributed by atoms with Crippen molar-refractivity contribution in [1.82, 2.24) is 14.5 Å². The van der Waals surface area contributed by atoms with E-state index in [4.69, 9.17) is 0 Å². The van der Waals surface area contributed by atoms with Gasteiger partial charge in [0.2, 0.25) is 5.91 Å². The molecule has 0 spiro atoms. The highest BCUT2D eigenvalue weighted by atomic mass is 16.2. The molecule has 0 bridgehead atoms. The van der Waals surface area contributed by atoms with Gasteiger partial charge in [-0.3, -0.25) is 18.7 Å². The van der Waals surface area contributed by atoms with Crippen molar-refractivity contribution < 1.29 is 4.79 Å². The Morgan fingerprint density at radius 1 is 1.19 bits per heavy atom. The number of fused-ring (bicyclic) bond motifs is 1. The summed E-state index contributed by atoms with van der Waals surface area (Å²) in [5.41, 5.74) is -0.296. The van der Waals surface area contributed by atoms with Crippen molar-refractivity contribution in [2.24, 2.45) is 0 Å². The Hall–Kier alpha value is -2.37. The molecule has 1 amide bonds. The average Bonchev–Trinajstić information content (AvgIpc) is 2.43. The lowest BCUT2D eigenvalue weighted by atomic mass is 10.2. The van der Waals surface area contributed by atoms with Crippen molar-refractivity contribution in [3.05, 3.63) is 45.1 Å². The molecule has 112 valence electrons. The Morgan fingerprint density at radius 2 is 1.86 bits per heavy atom. The number of aryl methyl sites for hydroxylation is 1. The van der Waals surface area contributed by atoms with Crippen LogP contribution in [-0.4, -0.2) is 21.1 Å². The van der Waals surface area contributed by atoms with Gasteiger partial charge >= 0.3 is 5.69 Å². The number of para-hydroxylation sites is 1. The molecule has 0 atom stereocenters. The molecular formula is C15H19N3O3. The van der Waals surface area contributed by atoms with Crippen molar-refractivity contribution in [2.75, 3.05) is 0 Å². The number of benzene rings is 1. The Bertz CT molecular complexity index is 787. The molecule has 2 rings (SSSR count). The number of carbonyl (C=O) groups is 1. The SMILES string of the molecule is CCn1c(=O)n(CC(=O)NC(C)C)c(=O)c2ccccc21. The lowest BCUT2D eigenvalue weighted by Gasteiger charge is -2.13. The van der Waals surface area contributed by atoms with Gasteiger partial charge in [0.25, 0.3) is 5.56 Å². The van der Waals surface area contributed by atoms with Crippen LogP contribution in [0.5, 0.6) is 0 Å². The highest BCUT2D eigenvalue weighted by Crippen LogP contribution is 2.06. The fourth-order valence-corrected chi connectivity index (χ4v) is 2.33. The zero-order valence-corrected chi connectivity index (χ0v) is 12.4. The smallest absolute Gasteiger partial charge is 0.331 e. The van der Waals surface area contributed by atoms with Gasteiger partial charge in [0.1, 0.15) is 6.54 Å². The molecule has 6 nitrogen and oxygen atoms in total. The van der Waals surface area contributed by atoms with Crippen LogP contribution < -0.4 is 16.6 Å². The topological polar surface area (TPSA) is 73.1 Å². The Balaban J connectivity index is 2.62. The Morgan fingerprint density at radius 3 is 2.48 bits per heavy atom. The van der Waals surface area contributed by atoms with Crippen LogP contribution in [-0.2, 0) is 17.9 Å². The predicted octanol–water partition coefficient (Wildman–Crippen LogP) is 0.708. The van der Waals surface area contributed by atoms with Gasteiger partial charge in [-0.2, -0.15) is 0 Å². The van der Waals surface area contributed by atoms with Gasteiger partial charge in [-0.25, -0.2) is 4.79 Å². The number of nitrogens with one attached hydrogen (secondary N) is 1. The van der Waals surface area contributed by atoms with Crippen LogP contribution >= 0.6 is 0 Å². The maximum absolute atomic E-state index is 12.4. The van der Waals surface area contributed by atoms with Gasteiger partial charge in [0.15, 0.2) is 0 Å². The quantitative estimate of drug-likeness (QED) is 0.901. The van der Waals surface area contributed by atoms with Crippen molar-refractivity contribution in [1.29, 1.82) is 0 Å². The van der Waals surface area contributed by atoms with E-state index in [1.807, 2.05) is 20.8 Å². The largest absolute Gasteiger partial charge is 0.352 e. The third-order valence-electron chi connectivity index (χ3n) is 3.20. The van der Waals surface area contributed by atoms with E-state index in [2.05, 4.69) is 5.32 Å². The second kappa shape index (κ2) is 5.95. The summed E-state index contributed by atoms with van der Waals surface area (Å²) in [6.07, 6.45) is 0. The summed E-state index contributed by atoms with van der Waals surface area (Å²) < 4.78 is 2.49. The third-order valence-corrected chi connectivity index (χ3v) is 3.20. The molecule has 1 N–H and O–H groups in total. The van der Waals surface area contributed by atoms with Crippen molar-refractivity contribution in [3.63, 3.8) is 0 Å². The molecule has 0 aliphatic carbocycles. The molecule has 1 aromatic heterocycles. The molecule has 0 saturated carbocycles. The minimum atomic E-state index is -0.458. The maximum Gasteiger partial charge on any atom is 0.331 e. The van der Waals surface area contributed by atoms with Crippen LogP contribution in [0.2, 0.25) is 0 Å². The van der Waals surface area contributed by atoms with Crippen LogP contribution in [0.1, 0.15) is 20.8 Å². The van der Waals surface area contributed by atoms with Crippen molar-refractivity contribution >= 4 is 16.8 Å². The number of amides is 1. The first-order valence-electron chi connectivity index (χ1n) is 6.97. The molecule has 0 fully saturated rings. The summed E-state index contributed by atoms with van der Waals surface area (Å²) in [7, 11) is 0. The molecule has 0 aliphatic rings. The molecule has 0 aliphatic heterocycles. The van der Waals surface area contributed by atoms with Crippen LogP contribution in [0, 0.1) is 0 Å². The highest BCUT2D eigenvalue weighted by molar-refractivity contribution is 5.79. The van der Waals surface area contributed by atoms with Crippen LogP contribution in [0.3, 0.4) is 0 Å². The standard InChI is InChI=1S/C15H19N3O3/c1-4-17-12-8-6-5-7-11(12)14(20)18(15(17)21)9-13(19)16-10(2)3/h5-8,10H,4,9H2,1-3H3,(H,16,19). The highest BCUT2D eigenvalue weighted by Gasteiger charge is 2.14. The summed E-state index contributed by atoms with van der Waals surface area (Å²) in [6, 6.07) is 6.89. The summed E-state index contributed by atoms with van der Waals surface area (Å²) in [6.45, 7) is 5.65. The minimum absolute atomic E-state index is 0.0398. The normalized spacial score (nSPS) is 11.0. The average molecular weight is 289 g/mol. The van der Waals surface area contributed by atoms with E-state index in [1.54, 1.807) is 24.3 Å². The molecule has 2 aromatic rings. The van der Waals surface area contributed by atoms with Gasteiger partial charge in [-0.1, -0.05) is 12.1 Å².